The maximum Gasteiger partial charge on any atom is 0.313 e. The van der Waals surface area contributed by atoms with Crippen molar-refractivity contribution in [3.8, 4) is 0 Å². The van der Waals surface area contributed by atoms with Gasteiger partial charge < -0.3 is 29.7 Å². The van der Waals surface area contributed by atoms with Gasteiger partial charge >= 0.3 is 5.97 Å². The Morgan fingerprint density at radius 2 is 1.64 bits per heavy atom. The number of cyclic esters (lactones) is 1. The standard InChI is InChI=1S/C39H38ClN3O7/c1-24-34(26-15-6-3-7-16-26)49-38(48)32-30(19-10-11-20-31(45)41-24)50-39-21-12-22-42(28-18-9-8-17-27(28)40)37(47)35(39)43(36(46)33(32)39)29(23-44)25-13-4-2-5-14-25/h2-10,12-19,21,24,29-30,32-35,44H,11,20,22-23H2,1H3,(H,41,45)/b19-10-/t24-,29-,30-,32+,33+,34+,35-,39+/m1/s1. The van der Waals surface area contributed by atoms with Crippen molar-refractivity contribution in [3.05, 3.63) is 125 Å². The summed E-state index contributed by atoms with van der Waals surface area (Å²) in [6, 6.07) is 22.3. The average Bonchev–Trinajstić information content (AvgIpc) is 3.51. The number of benzene rings is 3. The molecule has 1 spiro atoms. The van der Waals surface area contributed by atoms with Crippen molar-refractivity contribution in [1.82, 2.24) is 10.2 Å². The number of rotatable bonds is 5. The van der Waals surface area contributed by atoms with E-state index < -0.39 is 72.2 Å². The van der Waals surface area contributed by atoms with Crippen LogP contribution in [0.25, 0.3) is 0 Å². The molecule has 4 aliphatic heterocycles. The minimum absolute atomic E-state index is 0.130. The van der Waals surface area contributed by atoms with E-state index >= 15 is 4.79 Å². The summed E-state index contributed by atoms with van der Waals surface area (Å²) in [6.07, 6.45) is 5.69. The second-order valence-corrected chi connectivity index (χ2v) is 13.5. The number of nitrogens with zero attached hydrogens (tertiary/aromatic N) is 2. The van der Waals surface area contributed by atoms with Gasteiger partial charge in [0.1, 0.15) is 23.7 Å². The van der Waals surface area contributed by atoms with E-state index in [0.717, 1.165) is 0 Å². The van der Waals surface area contributed by atoms with Gasteiger partial charge in [0.05, 0.1) is 41.4 Å². The summed E-state index contributed by atoms with van der Waals surface area (Å²) in [6.45, 7) is 1.42. The Hall–Kier alpha value is -4.77. The number of carbonyl (C=O) groups is 4. The van der Waals surface area contributed by atoms with Crippen LogP contribution < -0.4 is 10.2 Å². The van der Waals surface area contributed by atoms with Crippen molar-refractivity contribution in [2.75, 3.05) is 18.1 Å². The Kier molecular flexibility index (Phi) is 9.34. The second kappa shape index (κ2) is 13.9. The number of hydrogen-bond acceptors (Lipinski definition) is 7. The number of halogens is 1. The van der Waals surface area contributed by atoms with E-state index in [2.05, 4.69) is 5.32 Å². The number of anilines is 1. The summed E-state index contributed by atoms with van der Waals surface area (Å²) in [4.78, 5) is 60.3. The SMILES string of the molecule is C[C@H]1NC(=O)CC/C=C\[C@H]2O[C@]34C=CCN(c5ccccc5Cl)C(=O)[C@H]3N([C@H](CO)c3ccccc3)C(=O)[C@@H]4[C@H]2C(=O)O[C@@H]1c1ccccc1. The topological polar surface area (TPSA) is 125 Å². The predicted molar refractivity (Wildman–Crippen MR) is 186 cm³/mol. The first-order valence-electron chi connectivity index (χ1n) is 16.9. The van der Waals surface area contributed by atoms with Crippen LogP contribution in [0, 0.1) is 11.8 Å². The van der Waals surface area contributed by atoms with Crippen molar-refractivity contribution < 1.29 is 33.8 Å². The third-order valence-corrected chi connectivity index (χ3v) is 10.4. The van der Waals surface area contributed by atoms with E-state index in [9.17, 15) is 19.5 Å². The number of esters is 1. The number of hydrogen-bond donors (Lipinski definition) is 2. The highest BCUT2D eigenvalue weighted by molar-refractivity contribution is 6.34. The monoisotopic (exact) mass is 695 g/mol. The molecule has 8 atom stereocenters. The van der Waals surface area contributed by atoms with Crippen LogP contribution in [0.5, 0.6) is 0 Å². The quantitative estimate of drug-likeness (QED) is 0.293. The highest BCUT2D eigenvalue weighted by atomic mass is 35.5. The van der Waals surface area contributed by atoms with E-state index in [-0.39, 0.29) is 18.9 Å². The molecular formula is C39H38ClN3O7. The minimum atomic E-state index is -1.60. The Morgan fingerprint density at radius 3 is 2.36 bits per heavy atom. The molecule has 0 unspecified atom stereocenters. The maximum atomic E-state index is 15.0. The van der Waals surface area contributed by atoms with Crippen LogP contribution in [0.15, 0.2) is 109 Å². The summed E-state index contributed by atoms with van der Waals surface area (Å²) in [7, 11) is 0. The Balaban J connectivity index is 1.37. The molecule has 10 nitrogen and oxygen atoms in total. The lowest BCUT2D eigenvalue weighted by atomic mass is 9.77. The van der Waals surface area contributed by atoms with E-state index in [1.165, 1.54) is 9.80 Å². The first-order valence-corrected chi connectivity index (χ1v) is 17.2. The maximum absolute atomic E-state index is 15.0. The fourth-order valence-corrected chi connectivity index (χ4v) is 8.13. The molecule has 50 heavy (non-hydrogen) atoms. The van der Waals surface area contributed by atoms with Crippen molar-refractivity contribution in [2.45, 2.75) is 55.7 Å². The Labute approximate surface area is 295 Å². The minimum Gasteiger partial charge on any atom is -0.455 e. The fourth-order valence-electron chi connectivity index (χ4n) is 7.90. The van der Waals surface area contributed by atoms with Crippen LogP contribution >= 0.6 is 11.6 Å². The Morgan fingerprint density at radius 1 is 0.940 bits per heavy atom. The molecule has 2 saturated heterocycles. The molecule has 4 aliphatic rings. The van der Waals surface area contributed by atoms with E-state index in [0.29, 0.717) is 28.3 Å². The van der Waals surface area contributed by atoms with Gasteiger partial charge in [-0.15, -0.1) is 0 Å². The summed E-state index contributed by atoms with van der Waals surface area (Å²) in [5.41, 5.74) is 0.147. The third kappa shape index (κ3) is 5.81. The molecule has 0 radical (unpaired) electrons. The molecule has 258 valence electrons. The van der Waals surface area contributed by atoms with Crippen LogP contribution in [0.2, 0.25) is 5.02 Å². The van der Waals surface area contributed by atoms with Gasteiger partial charge in [-0.05, 0) is 36.6 Å². The summed E-state index contributed by atoms with van der Waals surface area (Å²) < 4.78 is 13.1. The molecular weight excluding hydrogens is 658 g/mol. The highest BCUT2D eigenvalue weighted by Gasteiger charge is 2.72. The molecule has 3 aromatic rings. The molecule has 0 bridgehead atoms. The summed E-state index contributed by atoms with van der Waals surface area (Å²) in [5, 5.41) is 14.2. The zero-order valence-electron chi connectivity index (χ0n) is 27.4. The first-order chi connectivity index (χ1) is 24.2. The van der Waals surface area contributed by atoms with Gasteiger partial charge in [0.25, 0.3) is 5.91 Å². The van der Waals surface area contributed by atoms with E-state index in [1.54, 1.807) is 79.8 Å². The van der Waals surface area contributed by atoms with Gasteiger partial charge in [0, 0.05) is 13.0 Å². The second-order valence-electron chi connectivity index (χ2n) is 13.1. The van der Waals surface area contributed by atoms with Gasteiger partial charge in [-0.25, -0.2) is 0 Å². The average molecular weight is 696 g/mol. The van der Waals surface area contributed by atoms with Crippen molar-refractivity contribution in [3.63, 3.8) is 0 Å². The zero-order valence-corrected chi connectivity index (χ0v) is 28.2. The molecule has 0 aromatic heterocycles. The number of aliphatic hydroxyl groups is 1. The normalized spacial score (nSPS) is 30.9. The van der Waals surface area contributed by atoms with Gasteiger partial charge in [0.15, 0.2) is 0 Å². The summed E-state index contributed by atoms with van der Waals surface area (Å²) in [5.74, 6) is -4.20. The number of para-hydroxylation sites is 1. The predicted octanol–water partition coefficient (Wildman–Crippen LogP) is 4.70. The molecule has 7 rings (SSSR count). The number of allylic oxidation sites excluding steroid dienone is 1. The van der Waals surface area contributed by atoms with E-state index in [1.807, 2.05) is 36.4 Å². The number of aliphatic hydroxyl groups excluding tert-OH is 1. The number of amides is 3. The first kappa shape index (κ1) is 33.7. The number of fused-ring (bicyclic) bond motifs is 2. The van der Waals surface area contributed by atoms with Gasteiger partial charge in [-0.1, -0.05) is 109 Å². The molecule has 2 fully saturated rings. The molecule has 4 heterocycles. The smallest absolute Gasteiger partial charge is 0.313 e. The molecule has 3 amide bonds. The molecule has 0 saturated carbocycles. The van der Waals surface area contributed by atoms with Crippen LogP contribution in [-0.4, -0.2) is 70.6 Å². The van der Waals surface area contributed by atoms with Crippen molar-refractivity contribution in [2.24, 2.45) is 11.8 Å². The lowest BCUT2D eigenvalue weighted by Crippen LogP contribution is -2.56. The number of carbonyl (C=O) groups excluding carboxylic acids is 4. The Bertz CT molecular complexity index is 1840. The zero-order chi connectivity index (χ0) is 35.0. The van der Waals surface area contributed by atoms with Crippen LogP contribution in [-0.2, 0) is 28.7 Å². The van der Waals surface area contributed by atoms with E-state index in [4.69, 9.17) is 21.1 Å². The number of likely N-dealkylation sites (tertiary alicyclic amines) is 1. The highest BCUT2D eigenvalue weighted by Crippen LogP contribution is 2.55. The number of nitrogens with one attached hydrogen (secondary N) is 1. The lowest BCUT2D eigenvalue weighted by molar-refractivity contribution is -0.161. The molecule has 0 aliphatic carbocycles. The van der Waals surface area contributed by atoms with Crippen molar-refractivity contribution >= 4 is 41.0 Å². The van der Waals surface area contributed by atoms with Gasteiger partial charge in [-0.2, -0.15) is 0 Å². The van der Waals surface area contributed by atoms with Gasteiger partial charge in [-0.3, -0.25) is 19.2 Å². The van der Waals surface area contributed by atoms with Crippen LogP contribution in [0.4, 0.5) is 5.69 Å². The molecule has 2 N–H and O–H groups in total. The van der Waals surface area contributed by atoms with Gasteiger partial charge in [0.2, 0.25) is 11.8 Å². The number of ether oxygens (including phenoxy) is 2. The fraction of sp³-hybridized carbons (Fsp3) is 0.333. The van der Waals surface area contributed by atoms with Crippen LogP contribution in [0.3, 0.4) is 0 Å². The summed E-state index contributed by atoms with van der Waals surface area (Å²) >= 11 is 6.61. The lowest BCUT2D eigenvalue weighted by Gasteiger charge is -2.38. The van der Waals surface area contributed by atoms with Crippen LogP contribution in [0.1, 0.15) is 43.0 Å². The molecule has 11 heteroatoms. The molecule has 3 aromatic carbocycles. The van der Waals surface area contributed by atoms with Crippen molar-refractivity contribution in [1.29, 1.82) is 0 Å². The third-order valence-electron chi connectivity index (χ3n) is 10.1. The largest absolute Gasteiger partial charge is 0.455 e.